The normalized spacial score (nSPS) is 10.5. The van der Waals surface area contributed by atoms with E-state index >= 15 is 0 Å². The predicted octanol–water partition coefficient (Wildman–Crippen LogP) is 2.69. The van der Waals surface area contributed by atoms with Crippen LogP contribution < -0.4 is 14.9 Å². The molecule has 0 aliphatic carbocycles. The average Bonchev–Trinajstić information content (AvgIpc) is 2.60. The molecule has 0 atom stereocenters. The molecule has 2 rings (SSSR count). The number of carboxylic acid groups (broad SMARTS) is 1. The van der Waals surface area contributed by atoms with E-state index in [0.717, 1.165) is 0 Å². The first kappa shape index (κ1) is 18.5. The molecule has 7 nitrogen and oxygen atoms in total. The van der Waals surface area contributed by atoms with E-state index in [0.29, 0.717) is 27.1 Å². The molecular formula is C17H15BrN2O5. The first-order valence-corrected chi connectivity index (χ1v) is 7.91. The van der Waals surface area contributed by atoms with Gasteiger partial charge in [0.05, 0.1) is 18.9 Å². The zero-order valence-corrected chi connectivity index (χ0v) is 14.8. The van der Waals surface area contributed by atoms with Crippen molar-refractivity contribution in [2.45, 2.75) is 0 Å². The molecule has 0 bridgehead atoms. The molecule has 0 saturated heterocycles. The average molecular weight is 407 g/mol. The second kappa shape index (κ2) is 8.84. The van der Waals surface area contributed by atoms with Gasteiger partial charge in [0.2, 0.25) is 0 Å². The molecule has 0 aliphatic heterocycles. The third-order valence-corrected chi connectivity index (χ3v) is 3.73. The van der Waals surface area contributed by atoms with E-state index in [2.05, 4.69) is 26.5 Å². The Balaban J connectivity index is 2.04. The fourth-order valence-corrected chi connectivity index (χ4v) is 2.36. The molecule has 2 N–H and O–H groups in total. The number of carbonyl (C=O) groups is 2. The van der Waals surface area contributed by atoms with E-state index in [4.69, 9.17) is 14.6 Å². The van der Waals surface area contributed by atoms with Crippen molar-refractivity contribution in [3.8, 4) is 11.5 Å². The minimum Gasteiger partial charge on any atom is -0.493 e. The van der Waals surface area contributed by atoms with Crippen molar-refractivity contribution in [1.29, 1.82) is 0 Å². The summed E-state index contributed by atoms with van der Waals surface area (Å²) in [7, 11) is 1.44. The van der Waals surface area contributed by atoms with E-state index in [1.165, 1.54) is 13.3 Å². The van der Waals surface area contributed by atoms with E-state index < -0.39 is 12.6 Å². The zero-order chi connectivity index (χ0) is 18.2. The standard InChI is InChI=1S/C17H15BrN2O5/c1-24-15-8-11(6-7-14(15)25-10-16(21)22)9-19-20-17(23)12-4-2-3-5-13(12)18/h2-9H,10H2,1H3,(H,20,23)(H,21,22)/b19-9-. The zero-order valence-electron chi connectivity index (χ0n) is 13.2. The van der Waals surface area contributed by atoms with Crippen molar-refractivity contribution < 1.29 is 24.2 Å². The number of nitrogens with zero attached hydrogens (tertiary/aromatic N) is 1. The molecule has 130 valence electrons. The summed E-state index contributed by atoms with van der Waals surface area (Å²) in [6.07, 6.45) is 1.44. The topological polar surface area (TPSA) is 97.2 Å². The Bertz CT molecular complexity index is 807. The van der Waals surface area contributed by atoms with E-state index in [1.807, 2.05) is 6.07 Å². The lowest BCUT2D eigenvalue weighted by atomic mass is 10.2. The van der Waals surface area contributed by atoms with Gasteiger partial charge in [-0.25, -0.2) is 10.2 Å². The molecule has 0 fully saturated rings. The number of hydrazone groups is 1. The lowest BCUT2D eigenvalue weighted by Crippen LogP contribution is -2.18. The van der Waals surface area contributed by atoms with Crippen molar-refractivity contribution in [3.05, 3.63) is 58.1 Å². The van der Waals surface area contributed by atoms with Crippen LogP contribution >= 0.6 is 15.9 Å². The molecule has 2 aromatic rings. The van der Waals surface area contributed by atoms with Crippen LogP contribution in [0.5, 0.6) is 11.5 Å². The fourth-order valence-electron chi connectivity index (χ4n) is 1.89. The summed E-state index contributed by atoms with van der Waals surface area (Å²) < 4.78 is 10.9. The SMILES string of the molecule is COc1cc(/C=N\NC(=O)c2ccccc2Br)ccc1OCC(=O)O. The summed E-state index contributed by atoms with van der Waals surface area (Å²) in [5.41, 5.74) is 3.54. The first-order valence-electron chi connectivity index (χ1n) is 7.12. The van der Waals surface area contributed by atoms with Crippen LogP contribution in [0.25, 0.3) is 0 Å². The molecule has 0 unspecified atom stereocenters. The lowest BCUT2D eigenvalue weighted by Gasteiger charge is -2.09. The maximum absolute atomic E-state index is 12.0. The summed E-state index contributed by atoms with van der Waals surface area (Å²) in [5, 5.41) is 12.5. The van der Waals surface area contributed by atoms with Crippen molar-refractivity contribution in [3.63, 3.8) is 0 Å². The first-order chi connectivity index (χ1) is 12.0. The van der Waals surface area contributed by atoms with Crippen LogP contribution in [0.2, 0.25) is 0 Å². The summed E-state index contributed by atoms with van der Waals surface area (Å²) in [4.78, 5) is 22.6. The number of carboxylic acids is 1. The monoisotopic (exact) mass is 406 g/mol. The smallest absolute Gasteiger partial charge is 0.341 e. The van der Waals surface area contributed by atoms with Gasteiger partial charge in [-0.15, -0.1) is 0 Å². The van der Waals surface area contributed by atoms with Crippen molar-refractivity contribution in [1.82, 2.24) is 5.43 Å². The molecule has 0 aromatic heterocycles. The molecule has 8 heteroatoms. The van der Waals surface area contributed by atoms with Gasteiger partial charge in [-0.2, -0.15) is 5.10 Å². The van der Waals surface area contributed by atoms with Gasteiger partial charge in [0.1, 0.15) is 0 Å². The van der Waals surface area contributed by atoms with E-state index in [9.17, 15) is 9.59 Å². The van der Waals surface area contributed by atoms with E-state index in [-0.39, 0.29) is 5.91 Å². The quantitative estimate of drug-likeness (QED) is 0.544. The van der Waals surface area contributed by atoms with Crippen LogP contribution in [0, 0.1) is 0 Å². The summed E-state index contributed by atoms with van der Waals surface area (Å²) in [6.45, 7) is -0.466. The second-order valence-electron chi connectivity index (χ2n) is 4.77. The van der Waals surface area contributed by atoms with Crippen LogP contribution in [-0.4, -0.2) is 36.9 Å². The summed E-state index contributed by atoms with van der Waals surface area (Å²) in [5.74, 6) is -0.763. The number of hydrogen-bond acceptors (Lipinski definition) is 5. The van der Waals surface area contributed by atoms with Crippen LogP contribution in [0.4, 0.5) is 0 Å². The number of hydrogen-bond donors (Lipinski definition) is 2. The Morgan fingerprint density at radius 2 is 2.00 bits per heavy atom. The number of halogens is 1. The maximum atomic E-state index is 12.0. The largest absolute Gasteiger partial charge is 0.493 e. The lowest BCUT2D eigenvalue weighted by molar-refractivity contribution is -0.139. The third kappa shape index (κ3) is 5.32. The number of carbonyl (C=O) groups excluding carboxylic acids is 1. The number of benzene rings is 2. The Kier molecular flexibility index (Phi) is 6.53. The number of amides is 1. The summed E-state index contributed by atoms with van der Waals surface area (Å²) >= 11 is 3.30. The number of nitrogens with one attached hydrogen (secondary N) is 1. The van der Waals surface area contributed by atoms with Crippen molar-refractivity contribution in [2.24, 2.45) is 5.10 Å². The number of ether oxygens (including phenoxy) is 2. The van der Waals surface area contributed by atoms with E-state index in [1.54, 1.807) is 36.4 Å². The molecule has 0 radical (unpaired) electrons. The minimum absolute atomic E-state index is 0.305. The van der Waals surface area contributed by atoms with Crippen LogP contribution in [0.15, 0.2) is 52.0 Å². The van der Waals surface area contributed by atoms with Crippen molar-refractivity contribution in [2.75, 3.05) is 13.7 Å². The number of aliphatic carboxylic acids is 1. The van der Waals surface area contributed by atoms with Crippen LogP contribution in [-0.2, 0) is 4.79 Å². The Morgan fingerprint density at radius 3 is 2.68 bits per heavy atom. The van der Waals surface area contributed by atoms with Gasteiger partial charge >= 0.3 is 5.97 Å². The Morgan fingerprint density at radius 1 is 1.24 bits per heavy atom. The van der Waals surface area contributed by atoms with Gasteiger partial charge in [-0.05, 0) is 51.8 Å². The molecule has 2 aromatic carbocycles. The van der Waals surface area contributed by atoms with Gasteiger partial charge in [0, 0.05) is 4.47 Å². The highest BCUT2D eigenvalue weighted by molar-refractivity contribution is 9.10. The highest BCUT2D eigenvalue weighted by atomic mass is 79.9. The molecule has 1 amide bonds. The third-order valence-electron chi connectivity index (χ3n) is 3.04. The molecule has 0 heterocycles. The highest BCUT2D eigenvalue weighted by Crippen LogP contribution is 2.27. The molecular weight excluding hydrogens is 392 g/mol. The Hall–Kier alpha value is -2.87. The van der Waals surface area contributed by atoms with Gasteiger partial charge in [0.15, 0.2) is 18.1 Å². The summed E-state index contributed by atoms with van der Waals surface area (Å²) in [6, 6.07) is 11.8. The predicted molar refractivity (Wildman–Crippen MR) is 95.3 cm³/mol. The van der Waals surface area contributed by atoms with Crippen LogP contribution in [0.1, 0.15) is 15.9 Å². The molecule has 0 saturated carbocycles. The highest BCUT2D eigenvalue weighted by Gasteiger charge is 2.09. The van der Waals surface area contributed by atoms with Gasteiger partial charge < -0.3 is 14.6 Å². The van der Waals surface area contributed by atoms with Gasteiger partial charge in [-0.3, -0.25) is 4.79 Å². The second-order valence-corrected chi connectivity index (χ2v) is 5.63. The fraction of sp³-hybridized carbons (Fsp3) is 0.118. The Labute approximate surface area is 152 Å². The number of rotatable bonds is 7. The maximum Gasteiger partial charge on any atom is 0.341 e. The van der Waals surface area contributed by atoms with Crippen LogP contribution in [0.3, 0.4) is 0 Å². The minimum atomic E-state index is -1.08. The molecule has 25 heavy (non-hydrogen) atoms. The number of methoxy groups -OCH3 is 1. The van der Waals surface area contributed by atoms with Crippen molar-refractivity contribution >= 4 is 34.0 Å². The molecule has 0 aliphatic rings. The van der Waals surface area contributed by atoms with Gasteiger partial charge in [0.25, 0.3) is 5.91 Å². The van der Waals surface area contributed by atoms with Gasteiger partial charge in [-0.1, -0.05) is 12.1 Å². The molecule has 0 spiro atoms.